The van der Waals surface area contributed by atoms with Gasteiger partial charge in [-0.25, -0.2) is 4.79 Å². The molecule has 18 heavy (non-hydrogen) atoms. The maximum Gasteiger partial charge on any atom is 0.340 e. The Balaban J connectivity index is 2.93. The minimum absolute atomic E-state index is 0.111. The second kappa shape index (κ2) is 6.23. The molecule has 0 fully saturated rings. The van der Waals surface area contributed by atoms with Gasteiger partial charge in [-0.05, 0) is 33.3 Å². The second-order valence-corrected chi connectivity index (χ2v) is 3.93. The number of carbonyl (C=O) groups is 2. The molecule has 0 N–H and O–H groups in total. The molecule has 1 heterocycles. The summed E-state index contributed by atoms with van der Waals surface area (Å²) in [5, 5.41) is 0. The standard InChI is InChI=1S/C13H19NO4/c1-5-17-11(15)8-14-7-9(3)12(10(14)4)13(16)18-6-2/h7H,5-6,8H2,1-4H3. The van der Waals surface area contributed by atoms with Gasteiger partial charge in [0.1, 0.15) is 6.54 Å². The van der Waals surface area contributed by atoms with Crippen LogP contribution in [0.25, 0.3) is 0 Å². The molecule has 0 bridgehead atoms. The zero-order valence-electron chi connectivity index (χ0n) is 11.3. The normalized spacial score (nSPS) is 10.2. The van der Waals surface area contributed by atoms with Crippen LogP contribution in [-0.2, 0) is 20.8 Å². The van der Waals surface area contributed by atoms with Crippen LogP contribution in [0.5, 0.6) is 0 Å². The van der Waals surface area contributed by atoms with Crippen molar-refractivity contribution in [2.75, 3.05) is 13.2 Å². The van der Waals surface area contributed by atoms with E-state index in [0.29, 0.717) is 18.8 Å². The first-order valence-corrected chi connectivity index (χ1v) is 6.00. The van der Waals surface area contributed by atoms with Crippen molar-refractivity contribution in [3.05, 3.63) is 23.0 Å². The van der Waals surface area contributed by atoms with Gasteiger partial charge in [-0.3, -0.25) is 4.79 Å². The van der Waals surface area contributed by atoms with E-state index in [9.17, 15) is 9.59 Å². The third kappa shape index (κ3) is 3.12. The first kappa shape index (κ1) is 14.3. The Hall–Kier alpha value is -1.78. The van der Waals surface area contributed by atoms with Gasteiger partial charge in [0, 0.05) is 11.9 Å². The Bertz CT molecular complexity index is 448. The Morgan fingerprint density at radius 2 is 1.78 bits per heavy atom. The van der Waals surface area contributed by atoms with Gasteiger partial charge in [0.05, 0.1) is 18.8 Å². The molecule has 5 heteroatoms. The molecular formula is C13H19NO4. The smallest absolute Gasteiger partial charge is 0.340 e. The number of carbonyl (C=O) groups excluding carboxylic acids is 2. The average Bonchev–Trinajstić information content (AvgIpc) is 2.54. The summed E-state index contributed by atoms with van der Waals surface area (Å²) in [4.78, 5) is 23.2. The highest BCUT2D eigenvalue weighted by molar-refractivity contribution is 5.92. The number of aromatic nitrogens is 1. The lowest BCUT2D eigenvalue weighted by atomic mass is 10.2. The van der Waals surface area contributed by atoms with E-state index in [1.165, 1.54) is 0 Å². The van der Waals surface area contributed by atoms with Crippen molar-refractivity contribution >= 4 is 11.9 Å². The van der Waals surface area contributed by atoms with Crippen molar-refractivity contribution in [1.29, 1.82) is 0 Å². The third-order valence-corrected chi connectivity index (χ3v) is 2.62. The number of hydrogen-bond donors (Lipinski definition) is 0. The molecule has 0 saturated carbocycles. The molecule has 1 aromatic rings. The molecule has 5 nitrogen and oxygen atoms in total. The van der Waals surface area contributed by atoms with Crippen LogP contribution < -0.4 is 0 Å². The molecule has 0 spiro atoms. The van der Waals surface area contributed by atoms with Gasteiger partial charge in [0.15, 0.2) is 0 Å². The molecule has 0 aliphatic rings. The monoisotopic (exact) mass is 253 g/mol. The Kier molecular flexibility index (Phi) is 4.95. The number of ether oxygens (including phenoxy) is 2. The van der Waals surface area contributed by atoms with Crippen LogP contribution in [0.3, 0.4) is 0 Å². The van der Waals surface area contributed by atoms with Crippen molar-refractivity contribution in [2.45, 2.75) is 34.2 Å². The van der Waals surface area contributed by atoms with E-state index in [1.54, 1.807) is 31.5 Å². The maximum atomic E-state index is 11.8. The molecule has 0 radical (unpaired) electrons. The molecule has 0 aliphatic carbocycles. The first-order valence-electron chi connectivity index (χ1n) is 6.00. The quantitative estimate of drug-likeness (QED) is 0.751. The van der Waals surface area contributed by atoms with Crippen LogP contribution in [0.2, 0.25) is 0 Å². The Morgan fingerprint density at radius 3 is 2.33 bits per heavy atom. The van der Waals surface area contributed by atoms with Crippen molar-refractivity contribution in [1.82, 2.24) is 4.57 Å². The summed E-state index contributed by atoms with van der Waals surface area (Å²) < 4.78 is 11.6. The first-order chi connectivity index (χ1) is 8.51. The topological polar surface area (TPSA) is 57.5 Å². The van der Waals surface area contributed by atoms with Crippen molar-refractivity contribution in [3.8, 4) is 0 Å². The molecule has 1 aromatic heterocycles. The van der Waals surface area contributed by atoms with Crippen molar-refractivity contribution < 1.29 is 19.1 Å². The molecule has 0 aliphatic heterocycles. The fourth-order valence-electron chi connectivity index (χ4n) is 1.85. The van der Waals surface area contributed by atoms with Gasteiger partial charge < -0.3 is 14.0 Å². The molecule has 0 atom stereocenters. The largest absolute Gasteiger partial charge is 0.465 e. The maximum absolute atomic E-state index is 11.8. The van der Waals surface area contributed by atoms with Gasteiger partial charge >= 0.3 is 11.9 Å². The van der Waals surface area contributed by atoms with Crippen molar-refractivity contribution in [2.24, 2.45) is 0 Å². The van der Waals surface area contributed by atoms with Crippen LogP contribution in [-0.4, -0.2) is 29.7 Å². The number of esters is 2. The number of nitrogens with zero attached hydrogens (tertiary/aromatic N) is 1. The van der Waals surface area contributed by atoms with Gasteiger partial charge in [0.2, 0.25) is 0 Å². The molecule has 100 valence electrons. The molecule has 0 amide bonds. The lowest BCUT2D eigenvalue weighted by Gasteiger charge is -2.06. The molecule has 0 unspecified atom stereocenters. The van der Waals surface area contributed by atoms with Crippen molar-refractivity contribution in [3.63, 3.8) is 0 Å². The minimum Gasteiger partial charge on any atom is -0.465 e. The second-order valence-electron chi connectivity index (χ2n) is 3.93. The summed E-state index contributed by atoms with van der Waals surface area (Å²) in [6, 6.07) is 0. The molecular weight excluding hydrogens is 234 g/mol. The lowest BCUT2D eigenvalue weighted by molar-refractivity contribution is -0.143. The van der Waals surface area contributed by atoms with E-state index in [2.05, 4.69) is 0 Å². The highest BCUT2D eigenvalue weighted by Gasteiger charge is 2.19. The predicted molar refractivity (Wildman–Crippen MR) is 66.5 cm³/mol. The van der Waals surface area contributed by atoms with Gasteiger partial charge in [-0.2, -0.15) is 0 Å². The van der Waals surface area contributed by atoms with Crippen LogP contribution in [0.1, 0.15) is 35.5 Å². The van der Waals surface area contributed by atoms with E-state index in [1.807, 2.05) is 6.92 Å². The summed E-state index contributed by atoms with van der Waals surface area (Å²) in [6.07, 6.45) is 1.76. The van der Waals surface area contributed by atoms with Gasteiger partial charge in [-0.1, -0.05) is 0 Å². The van der Waals surface area contributed by atoms with Crippen LogP contribution >= 0.6 is 0 Å². The minimum atomic E-state index is -0.352. The van der Waals surface area contributed by atoms with E-state index in [-0.39, 0.29) is 18.5 Å². The summed E-state index contributed by atoms with van der Waals surface area (Å²) in [5.74, 6) is -0.666. The van der Waals surface area contributed by atoms with E-state index in [4.69, 9.17) is 9.47 Å². The third-order valence-electron chi connectivity index (χ3n) is 2.62. The number of hydrogen-bond acceptors (Lipinski definition) is 4. The van der Waals surface area contributed by atoms with Crippen LogP contribution in [0.4, 0.5) is 0 Å². The van der Waals surface area contributed by atoms with Gasteiger partial charge in [-0.15, -0.1) is 0 Å². The molecule has 0 saturated heterocycles. The summed E-state index contributed by atoms with van der Waals surface area (Å²) in [6.45, 7) is 7.93. The number of aryl methyl sites for hydroxylation is 1. The highest BCUT2D eigenvalue weighted by Crippen LogP contribution is 2.17. The zero-order chi connectivity index (χ0) is 13.7. The fourth-order valence-corrected chi connectivity index (χ4v) is 1.85. The van der Waals surface area contributed by atoms with Crippen LogP contribution in [0, 0.1) is 13.8 Å². The summed E-state index contributed by atoms with van der Waals surface area (Å²) in [7, 11) is 0. The Labute approximate surface area is 107 Å². The van der Waals surface area contributed by atoms with Gasteiger partial charge in [0.25, 0.3) is 0 Å². The average molecular weight is 253 g/mol. The molecule has 0 aromatic carbocycles. The summed E-state index contributed by atoms with van der Waals surface area (Å²) >= 11 is 0. The number of rotatable bonds is 5. The zero-order valence-corrected chi connectivity index (χ0v) is 11.3. The lowest BCUT2D eigenvalue weighted by Crippen LogP contribution is -2.14. The van der Waals surface area contributed by atoms with E-state index >= 15 is 0 Å². The van der Waals surface area contributed by atoms with E-state index < -0.39 is 0 Å². The predicted octanol–water partition coefficient (Wildman–Crippen LogP) is 1.84. The Morgan fingerprint density at radius 1 is 1.17 bits per heavy atom. The van der Waals surface area contributed by atoms with Crippen LogP contribution in [0.15, 0.2) is 6.20 Å². The highest BCUT2D eigenvalue weighted by atomic mass is 16.5. The van der Waals surface area contributed by atoms with E-state index in [0.717, 1.165) is 11.3 Å². The fraction of sp³-hybridized carbons (Fsp3) is 0.538. The summed E-state index contributed by atoms with van der Waals surface area (Å²) in [5.41, 5.74) is 2.05. The molecule has 1 rings (SSSR count). The SMILES string of the molecule is CCOC(=O)Cn1cc(C)c(C(=O)OCC)c1C.